The van der Waals surface area contributed by atoms with Crippen molar-refractivity contribution < 1.29 is 14.3 Å². The number of nitrogens with one attached hydrogen (secondary N) is 2. The molecule has 1 rings (SSSR count). The van der Waals surface area contributed by atoms with E-state index in [-0.39, 0.29) is 12.5 Å². The van der Waals surface area contributed by atoms with E-state index < -0.39 is 12.0 Å². The van der Waals surface area contributed by atoms with Crippen LogP contribution in [-0.2, 0) is 14.3 Å². The summed E-state index contributed by atoms with van der Waals surface area (Å²) in [5, 5.41) is 6.39. The van der Waals surface area contributed by atoms with Gasteiger partial charge in [0.2, 0.25) is 5.91 Å². The highest BCUT2D eigenvalue weighted by Gasteiger charge is 2.20. The van der Waals surface area contributed by atoms with Crippen LogP contribution in [0.4, 0.5) is 5.69 Å². The third kappa shape index (κ3) is 4.96. The Hall–Kier alpha value is -1.46. The Morgan fingerprint density at radius 2 is 2.05 bits per heavy atom. The number of esters is 1. The van der Waals surface area contributed by atoms with E-state index in [1.807, 2.05) is 0 Å². The number of hydrogen-bond donors (Lipinski definition) is 2. The molecule has 7 heteroatoms. The zero-order valence-corrected chi connectivity index (χ0v) is 12.0. The molecule has 1 aromatic carbocycles. The molecule has 1 atom stereocenters. The number of ether oxygens (including phenoxy) is 1. The number of carbonyl (C=O) groups excluding carboxylic acids is 2. The summed E-state index contributed by atoms with van der Waals surface area (Å²) >= 11 is 11.8. The summed E-state index contributed by atoms with van der Waals surface area (Å²) in [7, 11) is 1.26. The van der Waals surface area contributed by atoms with E-state index in [1.54, 1.807) is 18.2 Å². The Morgan fingerprint density at radius 1 is 1.37 bits per heavy atom. The van der Waals surface area contributed by atoms with Gasteiger partial charge in [-0.3, -0.25) is 4.79 Å². The predicted molar refractivity (Wildman–Crippen MR) is 74.6 cm³/mol. The van der Waals surface area contributed by atoms with Crippen LogP contribution in [0.1, 0.15) is 6.92 Å². The number of anilines is 1. The second-order valence-electron chi connectivity index (χ2n) is 3.78. The fraction of sp³-hybridized carbons (Fsp3) is 0.333. The number of methoxy groups -OCH3 is 1. The number of hydrogen-bond acceptors (Lipinski definition) is 4. The minimum absolute atomic E-state index is 0.160. The van der Waals surface area contributed by atoms with Crippen molar-refractivity contribution in [3.8, 4) is 0 Å². The second-order valence-corrected chi connectivity index (χ2v) is 4.62. The van der Waals surface area contributed by atoms with Crippen molar-refractivity contribution in [3.05, 3.63) is 28.2 Å². The van der Waals surface area contributed by atoms with Gasteiger partial charge in [0.25, 0.3) is 0 Å². The lowest BCUT2D eigenvalue weighted by Crippen LogP contribution is -2.45. The summed E-state index contributed by atoms with van der Waals surface area (Å²) in [5.74, 6) is -0.854. The molecule has 19 heavy (non-hydrogen) atoms. The van der Waals surface area contributed by atoms with Crippen molar-refractivity contribution >= 4 is 40.8 Å². The van der Waals surface area contributed by atoms with Gasteiger partial charge in [0.15, 0.2) is 0 Å². The Morgan fingerprint density at radius 3 is 2.58 bits per heavy atom. The molecule has 0 aliphatic rings. The maximum atomic E-state index is 11.5. The van der Waals surface area contributed by atoms with Gasteiger partial charge in [0.1, 0.15) is 6.04 Å². The minimum Gasteiger partial charge on any atom is -0.467 e. The van der Waals surface area contributed by atoms with Gasteiger partial charge >= 0.3 is 5.97 Å². The highest BCUT2D eigenvalue weighted by molar-refractivity contribution is 6.36. The minimum atomic E-state index is -0.783. The van der Waals surface area contributed by atoms with E-state index in [0.717, 1.165) is 0 Å². The fourth-order valence-corrected chi connectivity index (χ4v) is 1.90. The quantitative estimate of drug-likeness (QED) is 0.817. The SMILES string of the molecule is COC(=O)C(CNc1ccc(Cl)cc1Cl)NC(C)=O. The fourth-order valence-electron chi connectivity index (χ4n) is 1.43. The van der Waals surface area contributed by atoms with Crippen LogP contribution in [0, 0.1) is 0 Å². The predicted octanol–water partition coefficient (Wildman–Crippen LogP) is 2.08. The summed E-state index contributed by atoms with van der Waals surface area (Å²) < 4.78 is 4.60. The molecule has 0 aliphatic heterocycles. The molecule has 1 unspecified atom stereocenters. The molecule has 0 aliphatic carbocycles. The van der Waals surface area contributed by atoms with Crippen LogP contribution in [0.25, 0.3) is 0 Å². The smallest absolute Gasteiger partial charge is 0.330 e. The zero-order valence-electron chi connectivity index (χ0n) is 10.5. The van der Waals surface area contributed by atoms with Crippen LogP contribution < -0.4 is 10.6 Å². The molecule has 2 N–H and O–H groups in total. The standard InChI is InChI=1S/C12H14Cl2N2O3/c1-7(17)16-11(12(18)19-2)6-15-10-4-3-8(13)5-9(10)14/h3-5,11,15H,6H2,1-2H3,(H,16,17). The molecule has 1 amide bonds. The molecule has 0 spiro atoms. The third-order valence-electron chi connectivity index (χ3n) is 2.29. The topological polar surface area (TPSA) is 67.4 Å². The Kier molecular flexibility index (Phi) is 5.92. The number of carbonyl (C=O) groups is 2. The van der Waals surface area contributed by atoms with Gasteiger partial charge in [-0.15, -0.1) is 0 Å². The van der Waals surface area contributed by atoms with E-state index in [4.69, 9.17) is 23.2 Å². The van der Waals surface area contributed by atoms with E-state index in [1.165, 1.54) is 14.0 Å². The summed E-state index contributed by atoms with van der Waals surface area (Å²) in [5.41, 5.74) is 0.616. The van der Waals surface area contributed by atoms with Crippen LogP contribution in [0.15, 0.2) is 18.2 Å². The lowest BCUT2D eigenvalue weighted by Gasteiger charge is -2.17. The van der Waals surface area contributed by atoms with Crippen LogP contribution in [-0.4, -0.2) is 31.6 Å². The zero-order chi connectivity index (χ0) is 14.4. The second kappa shape index (κ2) is 7.21. The Bertz CT molecular complexity index is 480. The highest BCUT2D eigenvalue weighted by Crippen LogP contribution is 2.25. The van der Waals surface area contributed by atoms with Crippen molar-refractivity contribution in [2.45, 2.75) is 13.0 Å². The number of amides is 1. The maximum Gasteiger partial charge on any atom is 0.330 e. The lowest BCUT2D eigenvalue weighted by atomic mass is 10.2. The van der Waals surface area contributed by atoms with Gasteiger partial charge in [0.05, 0.1) is 17.8 Å². The van der Waals surface area contributed by atoms with E-state index in [9.17, 15) is 9.59 Å². The van der Waals surface area contributed by atoms with Gasteiger partial charge < -0.3 is 15.4 Å². The average molecular weight is 305 g/mol. The van der Waals surface area contributed by atoms with Gasteiger partial charge in [-0.1, -0.05) is 23.2 Å². The lowest BCUT2D eigenvalue weighted by molar-refractivity contribution is -0.144. The molecule has 5 nitrogen and oxygen atoms in total. The molecule has 0 aromatic heterocycles. The Labute approximate surface area is 121 Å². The summed E-state index contributed by atoms with van der Waals surface area (Å²) in [6, 6.07) is 4.15. The van der Waals surface area contributed by atoms with E-state index >= 15 is 0 Å². The first-order valence-electron chi connectivity index (χ1n) is 5.48. The molecular formula is C12H14Cl2N2O3. The maximum absolute atomic E-state index is 11.5. The largest absolute Gasteiger partial charge is 0.467 e. The summed E-state index contributed by atoms with van der Waals surface area (Å²) in [6.07, 6.45) is 0. The summed E-state index contributed by atoms with van der Waals surface area (Å²) in [4.78, 5) is 22.5. The van der Waals surface area contributed by atoms with Crippen LogP contribution in [0.5, 0.6) is 0 Å². The molecule has 0 saturated carbocycles. The molecule has 104 valence electrons. The monoisotopic (exact) mass is 304 g/mol. The van der Waals surface area contributed by atoms with Crippen molar-refractivity contribution in [3.63, 3.8) is 0 Å². The number of rotatable bonds is 5. The molecule has 0 fully saturated rings. The van der Waals surface area contributed by atoms with Crippen molar-refractivity contribution in [1.29, 1.82) is 0 Å². The van der Waals surface area contributed by atoms with Gasteiger partial charge in [-0.05, 0) is 18.2 Å². The molecule has 1 aromatic rings. The molecule has 0 saturated heterocycles. The number of benzene rings is 1. The highest BCUT2D eigenvalue weighted by atomic mass is 35.5. The van der Waals surface area contributed by atoms with Crippen molar-refractivity contribution in [2.75, 3.05) is 19.0 Å². The molecular weight excluding hydrogens is 291 g/mol. The van der Waals surface area contributed by atoms with Crippen molar-refractivity contribution in [2.24, 2.45) is 0 Å². The molecule has 0 heterocycles. The van der Waals surface area contributed by atoms with Gasteiger partial charge in [-0.25, -0.2) is 4.79 Å². The Balaban J connectivity index is 2.70. The summed E-state index contributed by atoms with van der Waals surface area (Å²) in [6.45, 7) is 1.48. The first-order valence-corrected chi connectivity index (χ1v) is 6.23. The first kappa shape index (κ1) is 15.6. The van der Waals surface area contributed by atoms with E-state index in [2.05, 4.69) is 15.4 Å². The molecule has 0 bridgehead atoms. The van der Waals surface area contributed by atoms with Crippen molar-refractivity contribution in [1.82, 2.24) is 5.32 Å². The van der Waals surface area contributed by atoms with Gasteiger partial charge in [-0.2, -0.15) is 0 Å². The van der Waals surface area contributed by atoms with Gasteiger partial charge in [0, 0.05) is 18.5 Å². The number of halogens is 2. The van der Waals surface area contributed by atoms with Crippen LogP contribution >= 0.6 is 23.2 Å². The normalized spacial score (nSPS) is 11.6. The first-order chi connectivity index (χ1) is 8.93. The third-order valence-corrected chi connectivity index (χ3v) is 2.84. The average Bonchev–Trinajstić information content (AvgIpc) is 2.34. The molecule has 0 radical (unpaired) electrons. The van der Waals surface area contributed by atoms with Crippen LogP contribution in [0.3, 0.4) is 0 Å². The van der Waals surface area contributed by atoms with E-state index in [0.29, 0.717) is 15.7 Å². The van der Waals surface area contributed by atoms with Crippen LogP contribution in [0.2, 0.25) is 10.0 Å².